The first-order valence-corrected chi connectivity index (χ1v) is 8.07. The number of piperidine rings is 1. The standard InChI is InChI=1S/C16H30N2O2/c1-12-9-14(17-13-7-5-6-8-13)11-18(10-12)15(19)20-16(2,3)4/h12-14,17H,5-11H2,1-4H3. The molecule has 2 atom stereocenters. The van der Waals surface area contributed by atoms with E-state index < -0.39 is 5.60 Å². The lowest BCUT2D eigenvalue weighted by Crippen LogP contribution is -2.53. The van der Waals surface area contributed by atoms with Crippen LogP contribution in [0.15, 0.2) is 0 Å². The third-order valence-corrected chi connectivity index (χ3v) is 4.14. The molecule has 0 bridgehead atoms. The molecule has 0 aromatic carbocycles. The summed E-state index contributed by atoms with van der Waals surface area (Å²) in [6.07, 6.45) is 6.26. The zero-order valence-corrected chi connectivity index (χ0v) is 13.4. The van der Waals surface area contributed by atoms with Crippen LogP contribution in [0.3, 0.4) is 0 Å². The Morgan fingerprint density at radius 3 is 2.40 bits per heavy atom. The molecule has 1 amide bonds. The third-order valence-electron chi connectivity index (χ3n) is 4.14. The number of amides is 1. The van der Waals surface area contributed by atoms with Crippen molar-refractivity contribution in [1.29, 1.82) is 0 Å². The van der Waals surface area contributed by atoms with Crippen molar-refractivity contribution in [3.05, 3.63) is 0 Å². The van der Waals surface area contributed by atoms with Gasteiger partial charge in [0.15, 0.2) is 0 Å². The van der Waals surface area contributed by atoms with Crippen LogP contribution in [0, 0.1) is 5.92 Å². The molecule has 2 fully saturated rings. The number of rotatable bonds is 2. The van der Waals surface area contributed by atoms with Gasteiger partial charge in [0.25, 0.3) is 0 Å². The van der Waals surface area contributed by atoms with Gasteiger partial charge in [0, 0.05) is 25.2 Å². The molecule has 20 heavy (non-hydrogen) atoms. The molecule has 2 unspecified atom stereocenters. The van der Waals surface area contributed by atoms with Gasteiger partial charge in [-0.2, -0.15) is 0 Å². The topological polar surface area (TPSA) is 41.6 Å². The van der Waals surface area contributed by atoms with Crippen molar-refractivity contribution in [1.82, 2.24) is 10.2 Å². The molecule has 1 aliphatic carbocycles. The van der Waals surface area contributed by atoms with Gasteiger partial charge < -0.3 is 15.0 Å². The number of carbonyl (C=O) groups excluding carboxylic acids is 1. The molecule has 0 spiro atoms. The molecule has 116 valence electrons. The van der Waals surface area contributed by atoms with Gasteiger partial charge in [-0.05, 0) is 46.0 Å². The summed E-state index contributed by atoms with van der Waals surface area (Å²) in [5.41, 5.74) is -0.411. The Bertz CT molecular complexity index is 332. The summed E-state index contributed by atoms with van der Waals surface area (Å²) in [6.45, 7) is 9.60. The molecular formula is C16H30N2O2. The number of carbonyl (C=O) groups is 1. The maximum absolute atomic E-state index is 12.2. The van der Waals surface area contributed by atoms with Gasteiger partial charge in [0.1, 0.15) is 5.60 Å². The SMILES string of the molecule is CC1CC(NC2CCCC2)CN(C(=O)OC(C)(C)C)C1. The fraction of sp³-hybridized carbons (Fsp3) is 0.938. The first-order chi connectivity index (χ1) is 9.33. The fourth-order valence-corrected chi connectivity index (χ4v) is 3.37. The summed E-state index contributed by atoms with van der Waals surface area (Å²) in [4.78, 5) is 14.1. The first-order valence-electron chi connectivity index (χ1n) is 8.07. The highest BCUT2D eigenvalue weighted by molar-refractivity contribution is 5.68. The molecule has 1 N–H and O–H groups in total. The Balaban J connectivity index is 1.88. The Hall–Kier alpha value is -0.770. The van der Waals surface area contributed by atoms with E-state index in [-0.39, 0.29) is 6.09 Å². The summed E-state index contributed by atoms with van der Waals surface area (Å²) >= 11 is 0. The fourth-order valence-electron chi connectivity index (χ4n) is 3.37. The maximum atomic E-state index is 12.2. The summed E-state index contributed by atoms with van der Waals surface area (Å²) in [6, 6.07) is 1.08. The van der Waals surface area contributed by atoms with Crippen molar-refractivity contribution in [2.75, 3.05) is 13.1 Å². The average molecular weight is 282 g/mol. The summed E-state index contributed by atoms with van der Waals surface area (Å²) in [5, 5.41) is 3.75. The molecular weight excluding hydrogens is 252 g/mol. The summed E-state index contributed by atoms with van der Waals surface area (Å²) in [7, 11) is 0. The second kappa shape index (κ2) is 6.33. The molecule has 1 aliphatic heterocycles. The van der Waals surface area contributed by atoms with Crippen LogP contribution in [0.2, 0.25) is 0 Å². The number of hydrogen-bond acceptors (Lipinski definition) is 3. The van der Waals surface area contributed by atoms with Crippen molar-refractivity contribution in [3.63, 3.8) is 0 Å². The Morgan fingerprint density at radius 1 is 1.15 bits per heavy atom. The van der Waals surface area contributed by atoms with Gasteiger partial charge in [-0.15, -0.1) is 0 Å². The predicted octanol–water partition coefficient (Wildman–Crippen LogP) is 3.16. The highest BCUT2D eigenvalue weighted by Gasteiger charge is 2.32. The Labute approximate surface area is 123 Å². The average Bonchev–Trinajstić information content (AvgIpc) is 2.78. The number of ether oxygens (including phenoxy) is 1. The molecule has 0 radical (unpaired) electrons. The lowest BCUT2D eigenvalue weighted by Gasteiger charge is -2.38. The van der Waals surface area contributed by atoms with Crippen molar-refractivity contribution >= 4 is 6.09 Å². The first kappa shape index (κ1) is 15.6. The zero-order valence-electron chi connectivity index (χ0n) is 13.4. The van der Waals surface area contributed by atoms with Gasteiger partial charge in [-0.1, -0.05) is 19.8 Å². The van der Waals surface area contributed by atoms with Crippen molar-refractivity contribution in [3.8, 4) is 0 Å². The predicted molar refractivity (Wildman–Crippen MR) is 80.8 cm³/mol. The van der Waals surface area contributed by atoms with Crippen LogP contribution in [0.4, 0.5) is 4.79 Å². The molecule has 4 heteroatoms. The smallest absolute Gasteiger partial charge is 0.410 e. The van der Waals surface area contributed by atoms with E-state index in [0.717, 1.165) is 19.5 Å². The molecule has 0 aromatic heterocycles. The van der Waals surface area contributed by atoms with Crippen molar-refractivity contribution in [2.24, 2.45) is 5.92 Å². The third kappa shape index (κ3) is 4.65. The van der Waals surface area contributed by atoms with Crippen LogP contribution in [0.25, 0.3) is 0 Å². The highest BCUT2D eigenvalue weighted by Crippen LogP contribution is 2.23. The maximum Gasteiger partial charge on any atom is 0.410 e. The zero-order chi connectivity index (χ0) is 14.8. The van der Waals surface area contributed by atoms with E-state index in [9.17, 15) is 4.79 Å². The minimum atomic E-state index is -0.411. The van der Waals surface area contributed by atoms with E-state index in [2.05, 4.69) is 12.2 Å². The van der Waals surface area contributed by atoms with E-state index in [1.54, 1.807) is 0 Å². The second-order valence-electron chi connectivity index (χ2n) is 7.57. The Kier molecular flexibility index (Phi) is 4.95. The van der Waals surface area contributed by atoms with Crippen molar-refractivity contribution < 1.29 is 9.53 Å². The Morgan fingerprint density at radius 2 is 1.80 bits per heavy atom. The van der Waals surface area contributed by atoms with Crippen LogP contribution in [-0.4, -0.2) is 41.8 Å². The van der Waals surface area contributed by atoms with Crippen LogP contribution >= 0.6 is 0 Å². The molecule has 1 heterocycles. The number of hydrogen-bond donors (Lipinski definition) is 1. The quantitative estimate of drug-likeness (QED) is 0.846. The summed E-state index contributed by atoms with van der Waals surface area (Å²) < 4.78 is 5.50. The monoisotopic (exact) mass is 282 g/mol. The van der Waals surface area contributed by atoms with Crippen LogP contribution < -0.4 is 5.32 Å². The molecule has 2 rings (SSSR count). The lowest BCUT2D eigenvalue weighted by atomic mass is 9.95. The van der Waals surface area contributed by atoms with E-state index in [4.69, 9.17) is 4.74 Å². The van der Waals surface area contributed by atoms with Gasteiger partial charge in [-0.25, -0.2) is 4.79 Å². The normalized spacial score (nSPS) is 28.7. The van der Waals surface area contributed by atoms with Crippen LogP contribution in [-0.2, 0) is 4.74 Å². The van der Waals surface area contributed by atoms with Gasteiger partial charge in [0.2, 0.25) is 0 Å². The lowest BCUT2D eigenvalue weighted by molar-refractivity contribution is 0.0132. The second-order valence-corrected chi connectivity index (χ2v) is 7.57. The van der Waals surface area contributed by atoms with Crippen LogP contribution in [0.5, 0.6) is 0 Å². The minimum absolute atomic E-state index is 0.165. The van der Waals surface area contributed by atoms with E-state index >= 15 is 0 Å². The summed E-state index contributed by atoms with van der Waals surface area (Å²) in [5.74, 6) is 0.537. The van der Waals surface area contributed by atoms with Crippen molar-refractivity contribution in [2.45, 2.75) is 77.5 Å². The highest BCUT2D eigenvalue weighted by atomic mass is 16.6. The molecule has 1 saturated carbocycles. The molecule has 1 saturated heterocycles. The van der Waals surface area contributed by atoms with E-state index in [0.29, 0.717) is 18.0 Å². The van der Waals surface area contributed by atoms with Gasteiger partial charge >= 0.3 is 6.09 Å². The largest absolute Gasteiger partial charge is 0.444 e. The van der Waals surface area contributed by atoms with Gasteiger partial charge in [0.05, 0.1) is 0 Å². The molecule has 2 aliphatic rings. The number of nitrogens with one attached hydrogen (secondary N) is 1. The van der Waals surface area contributed by atoms with E-state index in [1.807, 2.05) is 25.7 Å². The minimum Gasteiger partial charge on any atom is -0.444 e. The number of nitrogens with zero attached hydrogens (tertiary/aromatic N) is 1. The number of likely N-dealkylation sites (tertiary alicyclic amines) is 1. The van der Waals surface area contributed by atoms with Crippen LogP contribution in [0.1, 0.15) is 59.8 Å². The van der Waals surface area contributed by atoms with E-state index in [1.165, 1.54) is 25.7 Å². The molecule has 4 nitrogen and oxygen atoms in total. The van der Waals surface area contributed by atoms with Gasteiger partial charge in [-0.3, -0.25) is 0 Å². The molecule has 0 aromatic rings.